The maximum absolute atomic E-state index is 14.6. The van der Waals surface area contributed by atoms with Crippen LogP contribution < -0.4 is 5.43 Å². The van der Waals surface area contributed by atoms with Crippen molar-refractivity contribution in [3.05, 3.63) is 93.0 Å². The molecular weight excluding hydrogens is 367 g/mol. The Bertz CT molecular complexity index is 1320. The molecule has 0 spiro atoms. The molecule has 0 N–H and O–H groups in total. The van der Waals surface area contributed by atoms with Gasteiger partial charge in [-0.15, -0.1) is 0 Å². The van der Waals surface area contributed by atoms with Gasteiger partial charge in [0.1, 0.15) is 11.4 Å². The first-order valence-electron chi connectivity index (χ1n) is 8.39. The average molecular weight is 379 g/mol. The summed E-state index contributed by atoms with van der Waals surface area (Å²) in [6, 6.07) is 15.4. The molecule has 5 rings (SSSR count). The van der Waals surface area contributed by atoms with E-state index in [1.165, 1.54) is 10.6 Å². The predicted molar refractivity (Wildman–Crippen MR) is 102 cm³/mol. The first kappa shape index (κ1) is 16.0. The average Bonchev–Trinajstić information content (AvgIpc) is 3.25. The summed E-state index contributed by atoms with van der Waals surface area (Å²) >= 11 is 5.94. The Labute approximate surface area is 158 Å². The number of pyridine rings is 1. The van der Waals surface area contributed by atoms with Crippen molar-refractivity contribution in [3.63, 3.8) is 0 Å². The Hall–Kier alpha value is -3.18. The molecule has 0 aliphatic carbocycles. The summed E-state index contributed by atoms with van der Waals surface area (Å²) in [6.45, 7) is 0.147. The van der Waals surface area contributed by atoms with E-state index in [2.05, 4.69) is 0 Å². The maximum atomic E-state index is 14.6. The number of rotatable bonds is 2. The smallest absolute Gasteiger partial charge is 0.268 e. The minimum absolute atomic E-state index is 0.0361. The topological polar surface area (TPSA) is 44.0 Å². The fourth-order valence-electron chi connectivity index (χ4n) is 3.74. The first-order chi connectivity index (χ1) is 13.1. The van der Waals surface area contributed by atoms with Gasteiger partial charge in [0.05, 0.1) is 28.5 Å². The Morgan fingerprint density at radius 3 is 2.63 bits per heavy atom. The molecule has 1 aliphatic rings. The highest BCUT2D eigenvalue weighted by atomic mass is 35.5. The molecule has 2 aromatic carbocycles. The molecule has 0 saturated heterocycles. The number of fused-ring (bicyclic) bond motifs is 4. The summed E-state index contributed by atoms with van der Waals surface area (Å²) in [5.41, 5.74) is 1.97. The lowest BCUT2D eigenvalue weighted by molar-refractivity contribution is 0.0968. The van der Waals surface area contributed by atoms with Gasteiger partial charge in [-0.3, -0.25) is 14.2 Å². The van der Waals surface area contributed by atoms with Crippen molar-refractivity contribution >= 4 is 28.4 Å². The van der Waals surface area contributed by atoms with Gasteiger partial charge in [-0.05, 0) is 30.3 Å². The van der Waals surface area contributed by atoms with Crippen LogP contribution in [0.4, 0.5) is 4.39 Å². The van der Waals surface area contributed by atoms with Gasteiger partial charge in [-0.1, -0.05) is 35.9 Å². The minimum atomic E-state index is -0.504. The van der Waals surface area contributed by atoms with Crippen molar-refractivity contribution in [2.24, 2.45) is 0 Å². The number of halogens is 2. The van der Waals surface area contributed by atoms with E-state index >= 15 is 0 Å². The lowest BCUT2D eigenvalue weighted by Crippen LogP contribution is -2.20. The SMILES string of the molecule is O=C1c2c(n(Cc3cccc(Cl)c3F)c3ccccc3c2=O)-c2cccn21. The normalized spacial score (nSPS) is 12.4. The molecule has 0 atom stereocenters. The number of hydrogen-bond donors (Lipinski definition) is 0. The van der Waals surface area contributed by atoms with E-state index in [4.69, 9.17) is 11.6 Å². The van der Waals surface area contributed by atoms with Gasteiger partial charge >= 0.3 is 0 Å². The molecule has 6 heteroatoms. The van der Waals surface area contributed by atoms with Crippen molar-refractivity contribution in [1.29, 1.82) is 0 Å². The van der Waals surface area contributed by atoms with Crippen molar-refractivity contribution < 1.29 is 9.18 Å². The second-order valence-electron chi connectivity index (χ2n) is 6.44. The molecule has 0 unspecified atom stereocenters. The predicted octanol–water partition coefficient (Wildman–Crippen LogP) is 4.31. The van der Waals surface area contributed by atoms with Gasteiger partial charge in [0, 0.05) is 17.1 Å². The fourth-order valence-corrected chi connectivity index (χ4v) is 3.93. The summed E-state index contributed by atoms with van der Waals surface area (Å²) in [5, 5.41) is 0.465. The standard InChI is InChI=1S/C21H12ClFN2O2/c22-14-7-3-5-12(18(14)23)11-25-15-8-2-1-6-13(15)20(26)17-19(25)16-9-4-10-24(16)21(17)27/h1-10H,11H2. The molecule has 2 aromatic heterocycles. The zero-order valence-electron chi connectivity index (χ0n) is 13.9. The third kappa shape index (κ3) is 2.15. The van der Waals surface area contributed by atoms with E-state index in [-0.39, 0.29) is 28.5 Å². The Kier molecular flexibility index (Phi) is 3.36. The molecule has 0 bridgehead atoms. The molecule has 132 valence electrons. The fraction of sp³-hybridized carbons (Fsp3) is 0.0476. The molecule has 0 fully saturated rings. The highest BCUT2D eigenvalue weighted by molar-refractivity contribution is 6.30. The van der Waals surface area contributed by atoms with Crippen LogP contribution in [0.15, 0.2) is 65.6 Å². The third-order valence-electron chi connectivity index (χ3n) is 4.96. The first-order valence-corrected chi connectivity index (χ1v) is 8.76. The van der Waals surface area contributed by atoms with Crippen molar-refractivity contribution in [2.75, 3.05) is 0 Å². The van der Waals surface area contributed by atoms with Crippen LogP contribution in [-0.4, -0.2) is 15.0 Å². The van der Waals surface area contributed by atoms with Gasteiger partial charge in [0.25, 0.3) is 5.91 Å². The zero-order valence-corrected chi connectivity index (χ0v) is 14.7. The van der Waals surface area contributed by atoms with E-state index in [1.54, 1.807) is 48.7 Å². The largest absolute Gasteiger partial charge is 0.334 e. The number of para-hydroxylation sites is 1. The lowest BCUT2D eigenvalue weighted by Gasteiger charge is -2.17. The summed E-state index contributed by atoms with van der Waals surface area (Å²) in [6.07, 6.45) is 1.63. The molecule has 27 heavy (non-hydrogen) atoms. The van der Waals surface area contributed by atoms with Gasteiger partial charge in [0.15, 0.2) is 0 Å². The monoisotopic (exact) mass is 378 g/mol. The number of hydrogen-bond acceptors (Lipinski definition) is 2. The third-order valence-corrected chi connectivity index (χ3v) is 5.25. The van der Waals surface area contributed by atoms with Crippen molar-refractivity contribution in [3.8, 4) is 11.4 Å². The lowest BCUT2D eigenvalue weighted by atomic mass is 10.1. The van der Waals surface area contributed by atoms with Crippen LogP contribution in [-0.2, 0) is 6.54 Å². The van der Waals surface area contributed by atoms with Crippen LogP contribution in [0.1, 0.15) is 15.9 Å². The maximum Gasteiger partial charge on any atom is 0.268 e. The summed E-state index contributed by atoms with van der Waals surface area (Å²) < 4.78 is 17.8. The summed E-state index contributed by atoms with van der Waals surface area (Å²) in [4.78, 5) is 25.8. The van der Waals surface area contributed by atoms with Gasteiger partial charge in [-0.25, -0.2) is 4.39 Å². The number of carbonyl (C=O) groups is 1. The number of aromatic nitrogens is 2. The molecule has 3 heterocycles. The summed E-state index contributed by atoms with van der Waals surface area (Å²) in [7, 11) is 0. The molecule has 0 amide bonds. The second kappa shape index (κ2) is 5.66. The van der Waals surface area contributed by atoms with Crippen LogP contribution in [0, 0.1) is 5.82 Å². The van der Waals surface area contributed by atoms with Crippen molar-refractivity contribution in [1.82, 2.24) is 9.13 Å². The Morgan fingerprint density at radius 1 is 0.963 bits per heavy atom. The zero-order chi connectivity index (χ0) is 18.7. The number of carbonyl (C=O) groups excluding carboxylic acids is 1. The van der Waals surface area contributed by atoms with Crippen LogP contribution in [0.2, 0.25) is 5.02 Å². The quantitative estimate of drug-likeness (QED) is 0.459. The minimum Gasteiger partial charge on any atom is -0.334 e. The molecule has 0 radical (unpaired) electrons. The van der Waals surface area contributed by atoms with Gasteiger partial charge in [0.2, 0.25) is 5.43 Å². The molecule has 4 nitrogen and oxygen atoms in total. The number of benzene rings is 2. The van der Waals surface area contributed by atoms with Crippen LogP contribution in [0.5, 0.6) is 0 Å². The van der Waals surface area contributed by atoms with E-state index in [0.717, 1.165) is 0 Å². The molecule has 4 aromatic rings. The van der Waals surface area contributed by atoms with E-state index in [0.29, 0.717) is 27.9 Å². The number of nitrogens with zero attached hydrogens (tertiary/aromatic N) is 2. The summed E-state index contributed by atoms with van der Waals surface area (Å²) in [5.74, 6) is -0.864. The molecule has 1 aliphatic heterocycles. The van der Waals surface area contributed by atoms with E-state index < -0.39 is 5.82 Å². The Balaban J connectivity index is 1.89. The molecular formula is C21H12ClFN2O2. The Morgan fingerprint density at radius 2 is 1.78 bits per heavy atom. The van der Waals surface area contributed by atoms with Crippen LogP contribution in [0.25, 0.3) is 22.3 Å². The second-order valence-corrected chi connectivity index (χ2v) is 6.84. The van der Waals surface area contributed by atoms with E-state index in [9.17, 15) is 14.0 Å². The molecule has 0 saturated carbocycles. The highest BCUT2D eigenvalue weighted by Gasteiger charge is 2.32. The van der Waals surface area contributed by atoms with Crippen molar-refractivity contribution in [2.45, 2.75) is 6.54 Å². The van der Waals surface area contributed by atoms with Gasteiger partial charge < -0.3 is 4.57 Å². The van der Waals surface area contributed by atoms with Crippen LogP contribution >= 0.6 is 11.6 Å². The van der Waals surface area contributed by atoms with E-state index in [1.807, 2.05) is 10.6 Å². The van der Waals surface area contributed by atoms with Gasteiger partial charge in [-0.2, -0.15) is 0 Å². The van der Waals surface area contributed by atoms with Crippen LogP contribution in [0.3, 0.4) is 0 Å². The highest BCUT2D eigenvalue weighted by Crippen LogP contribution is 2.34.